The zero-order valence-corrected chi connectivity index (χ0v) is 16.3. The Kier molecular flexibility index (Phi) is 7.59. The topological polar surface area (TPSA) is 102 Å². The number of aromatic nitrogens is 2. The molecule has 0 fully saturated rings. The van der Waals surface area contributed by atoms with E-state index in [1.54, 1.807) is 24.4 Å². The van der Waals surface area contributed by atoms with Crippen molar-refractivity contribution in [2.75, 3.05) is 13.2 Å². The SMILES string of the molecule is Cc1nn(-c2ccccc2)c(Cl)c1/C=C/C(=O)OCC(=O)NC(=O)NCC(F)(F)F. The van der Waals surface area contributed by atoms with Crippen LogP contribution < -0.4 is 10.6 Å². The van der Waals surface area contributed by atoms with Crippen molar-refractivity contribution in [3.8, 4) is 5.69 Å². The molecule has 8 nitrogen and oxygen atoms in total. The van der Waals surface area contributed by atoms with Crippen molar-refractivity contribution in [3.63, 3.8) is 0 Å². The van der Waals surface area contributed by atoms with E-state index in [1.165, 1.54) is 16.1 Å². The Morgan fingerprint density at radius 1 is 1.23 bits per heavy atom. The molecule has 2 rings (SSSR count). The van der Waals surface area contributed by atoms with E-state index in [9.17, 15) is 27.6 Å². The monoisotopic (exact) mass is 444 g/mol. The molecule has 0 aliphatic heterocycles. The Morgan fingerprint density at radius 3 is 2.53 bits per heavy atom. The summed E-state index contributed by atoms with van der Waals surface area (Å²) in [4.78, 5) is 34.3. The number of urea groups is 1. The summed E-state index contributed by atoms with van der Waals surface area (Å²) in [5.74, 6) is -2.02. The summed E-state index contributed by atoms with van der Waals surface area (Å²) < 4.78 is 42.0. The minimum Gasteiger partial charge on any atom is -0.452 e. The number of imide groups is 1. The molecule has 2 aromatic rings. The Labute approximate surface area is 173 Å². The van der Waals surface area contributed by atoms with E-state index in [-0.39, 0.29) is 5.15 Å². The first kappa shape index (κ1) is 22.9. The van der Waals surface area contributed by atoms with Crippen molar-refractivity contribution in [1.29, 1.82) is 0 Å². The smallest absolute Gasteiger partial charge is 0.405 e. The molecule has 0 aliphatic rings. The van der Waals surface area contributed by atoms with Crippen molar-refractivity contribution in [2.24, 2.45) is 0 Å². The van der Waals surface area contributed by atoms with Gasteiger partial charge in [0.1, 0.15) is 11.7 Å². The van der Waals surface area contributed by atoms with E-state index in [2.05, 4.69) is 9.84 Å². The number of ether oxygens (including phenoxy) is 1. The maximum atomic E-state index is 12.0. The number of nitrogens with zero attached hydrogens (tertiary/aromatic N) is 2. The maximum Gasteiger partial charge on any atom is 0.405 e. The molecule has 0 saturated carbocycles. The minimum absolute atomic E-state index is 0.252. The van der Waals surface area contributed by atoms with Crippen molar-refractivity contribution < 1.29 is 32.3 Å². The van der Waals surface area contributed by atoms with Gasteiger partial charge in [-0.25, -0.2) is 14.3 Å². The van der Waals surface area contributed by atoms with Gasteiger partial charge in [-0.3, -0.25) is 10.1 Å². The number of hydrogen-bond acceptors (Lipinski definition) is 5. The third kappa shape index (κ3) is 6.92. The molecule has 1 heterocycles. The number of carbonyl (C=O) groups is 3. The lowest BCUT2D eigenvalue weighted by Gasteiger charge is -2.08. The number of carbonyl (C=O) groups excluding carboxylic acids is 3. The average molecular weight is 445 g/mol. The largest absolute Gasteiger partial charge is 0.452 e. The lowest BCUT2D eigenvalue weighted by atomic mass is 10.2. The molecule has 0 radical (unpaired) electrons. The summed E-state index contributed by atoms with van der Waals surface area (Å²) in [6.07, 6.45) is -2.27. The van der Waals surface area contributed by atoms with Gasteiger partial charge >= 0.3 is 18.2 Å². The molecule has 160 valence electrons. The molecule has 0 spiro atoms. The molecule has 0 saturated heterocycles. The second kappa shape index (κ2) is 9.92. The zero-order chi connectivity index (χ0) is 22.3. The highest BCUT2D eigenvalue weighted by Crippen LogP contribution is 2.24. The molecule has 3 amide bonds. The summed E-state index contributed by atoms with van der Waals surface area (Å²) >= 11 is 6.30. The highest BCUT2D eigenvalue weighted by Gasteiger charge is 2.28. The Morgan fingerprint density at radius 2 is 1.90 bits per heavy atom. The second-order valence-electron chi connectivity index (χ2n) is 5.82. The number of benzene rings is 1. The van der Waals surface area contributed by atoms with Crippen molar-refractivity contribution >= 4 is 35.6 Å². The molecular formula is C18H16ClF3N4O4. The van der Waals surface area contributed by atoms with Gasteiger partial charge in [0.15, 0.2) is 6.61 Å². The molecule has 0 aliphatic carbocycles. The Bertz CT molecular complexity index is 958. The van der Waals surface area contributed by atoms with Crippen LogP contribution in [0.25, 0.3) is 11.8 Å². The van der Waals surface area contributed by atoms with Gasteiger partial charge in [0, 0.05) is 11.6 Å². The van der Waals surface area contributed by atoms with Gasteiger partial charge in [-0.2, -0.15) is 18.3 Å². The number of halogens is 4. The van der Waals surface area contributed by atoms with Gasteiger partial charge in [0.05, 0.1) is 11.4 Å². The first-order valence-corrected chi connectivity index (χ1v) is 8.74. The molecule has 0 atom stereocenters. The standard InChI is InChI=1S/C18H16ClF3N4O4/c1-11-13(16(19)26(25-11)12-5-3-2-4-6-12)7-8-15(28)30-9-14(27)24-17(29)23-10-18(20,21)22/h2-8H,9-10H2,1H3,(H2,23,24,27,29)/b8-7+. The number of hydrogen-bond donors (Lipinski definition) is 2. The normalized spacial score (nSPS) is 11.4. The fourth-order valence-electron chi connectivity index (χ4n) is 2.16. The Hall–Kier alpha value is -3.34. The summed E-state index contributed by atoms with van der Waals surface area (Å²) in [7, 11) is 0. The maximum absolute atomic E-state index is 12.0. The van der Waals surface area contributed by atoms with E-state index in [1.807, 2.05) is 18.2 Å². The van der Waals surface area contributed by atoms with E-state index in [0.717, 1.165) is 6.08 Å². The van der Waals surface area contributed by atoms with Gasteiger partial charge in [-0.1, -0.05) is 29.8 Å². The first-order valence-electron chi connectivity index (χ1n) is 8.36. The zero-order valence-electron chi connectivity index (χ0n) is 15.5. The van der Waals surface area contributed by atoms with Gasteiger partial charge in [-0.15, -0.1) is 0 Å². The van der Waals surface area contributed by atoms with Crippen LogP contribution in [-0.4, -0.2) is 47.0 Å². The van der Waals surface area contributed by atoms with Crippen LogP contribution in [0.3, 0.4) is 0 Å². The second-order valence-corrected chi connectivity index (χ2v) is 6.18. The number of aryl methyl sites for hydroxylation is 1. The van der Waals surface area contributed by atoms with Crippen LogP contribution >= 0.6 is 11.6 Å². The lowest BCUT2D eigenvalue weighted by molar-refractivity contribution is -0.143. The molecular weight excluding hydrogens is 429 g/mol. The summed E-state index contributed by atoms with van der Waals surface area (Å²) in [5, 5.41) is 7.58. The van der Waals surface area contributed by atoms with Gasteiger partial charge < -0.3 is 10.1 Å². The van der Waals surface area contributed by atoms with Crippen molar-refractivity contribution in [2.45, 2.75) is 13.1 Å². The Balaban J connectivity index is 1.89. The van der Waals surface area contributed by atoms with E-state index in [0.29, 0.717) is 16.9 Å². The quantitative estimate of drug-likeness (QED) is 0.527. The highest BCUT2D eigenvalue weighted by atomic mass is 35.5. The fraction of sp³-hybridized carbons (Fsp3) is 0.222. The van der Waals surface area contributed by atoms with Crippen LogP contribution in [0.15, 0.2) is 36.4 Å². The number of esters is 1. The van der Waals surface area contributed by atoms with Crippen LogP contribution in [0.1, 0.15) is 11.3 Å². The number of nitrogens with one attached hydrogen (secondary N) is 2. The summed E-state index contributed by atoms with van der Waals surface area (Å²) in [6.45, 7) is -0.784. The fourth-order valence-corrected chi connectivity index (χ4v) is 2.50. The van der Waals surface area contributed by atoms with Crippen molar-refractivity contribution in [3.05, 3.63) is 52.8 Å². The van der Waals surface area contributed by atoms with Gasteiger partial charge in [0.25, 0.3) is 5.91 Å². The molecule has 0 unspecified atom stereocenters. The average Bonchev–Trinajstić information content (AvgIpc) is 2.97. The number of para-hydroxylation sites is 1. The minimum atomic E-state index is -4.62. The first-order chi connectivity index (χ1) is 14.1. The van der Waals surface area contributed by atoms with Crippen molar-refractivity contribution in [1.82, 2.24) is 20.4 Å². The van der Waals surface area contributed by atoms with Crippen LogP contribution in [0.4, 0.5) is 18.0 Å². The summed E-state index contributed by atoms with van der Waals surface area (Å²) in [6, 6.07) is 7.68. The van der Waals surface area contributed by atoms with Crippen LogP contribution in [0.2, 0.25) is 5.15 Å². The molecule has 2 N–H and O–H groups in total. The highest BCUT2D eigenvalue weighted by molar-refractivity contribution is 6.31. The molecule has 1 aromatic heterocycles. The van der Waals surface area contributed by atoms with E-state index < -0.39 is 37.2 Å². The number of alkyl halides is 3. The third-order valence-corrected chi connectivity index (χ3v) is 3.85. The van der Waals surface area contributed by atoms with Gasteiger partial charge in [0.2, 0.25) is 0 Å². The van der Waals surface area contributed by atoms with Crippen LogP contribution in [0, 0.1) is 6.92 Å². The molecule has 1 aromatic carbocycles. The summed E-state index contributed by atoms with van der Waals surface area (Å²) in [5.41, 5.74) is 1.70. The molecule has 0 bridgehead atoms. The van der Waals surface area contributed by atoms with Crippen LogP contribution in [0.5, 0.6) is 0 Å². The lowest BCUT2D eigenvalue weighted by Crippen LogP contribution is -2.44. The van der Waals surface area contributed by atoms with Gasteiger partial charge in [-0.05, 0) is 25.1 Å². The van der Waals surface area contributed by atoms with Crippen LogP contribution in [-0.2, 0) is 14.3 Å². The van der Waals surface area contributed by atoms with E-state index >= 15 is 0 Å². The predicted octanol–water partition coefficient (Wildman–Crippen LogP) is 2.78. The van der Waals surface area contributed by atoms with E-state index in [4.69, 9.17) is 11.6 Å². The predicted molar refractivity (Wildman–Crippen MR) is 101 cm³/mol. The molecule has 30 heavy (non-hydrogen) atoms. The number of amides is 3. The third-order valence-electron chi connectivity index (χ3n) is 3.48. The number of rotatable bonds is 6. The molecule has 12 heteroatoms.